The normalized spacial score (nSPS) is 30.6. The van der Waals surface area contributed by atoms with Crippen LogP contribution in [0.4, 0.5) is 0 Å². The summed E-state index contributed by atoms with van der Waals surface area (Å²) in [5, 5.41) is 3.88. The van der Waals surface area contributed by atoms with E-state index in [1.54, 1.807) is 0 Å². The smallest absolute Gasteiger partial charge is 0.356 e. The fraction of sp³-hybridized carbons (Fsp3) is 0.818. The number of carbonyl (C=O) groups is 1. The molecule has 0 saturated heterocycles. The molecule has 0 amide bonds. The maximum absolute atomic E-state index is 11.4. The van der Waals surface area contributed by atoms with E-state index in [2.05, 4.69) is 5.16 Å². The summed E-state index contributed by atoms with van der Waals surface area (Å²) >= 11 is 0. The van der Waals surface area contributed by atoms with Crippen molar-refractivity contribution in [2.24, 2.45) is 11.1 Å². The van der Waals surface area contributed by atoms with Gasteiger partial charge in [0, 0.05) is 0 Å². The highest BCUT2D eigenvalue weighted by molar-refractivity contribution is 6.37. The van der Waals surface area contributed by atoms with Gasteiger partial charge in [0.25, 0.3) is 0 Å². The number of esters is 1. The highest BCUT2D eigenvalue weighted by atomic mass is 16.6. The fourth-order valence-corrected chi connectivity index (χ4v) is 2.37. The van der Waals surface area contributed by atoms with Gasteiger partial charge >= 0.3 is 5.97 Å². The molecule has 0 bridgehead atoms. The molecule has 2 aliphatic rings. The number of hydrogen-bond acceptors (Lipinski definition) is 4. The number of oxime groups is 1. The average molecular weight is 211 g/mol. The van der Waals surface area contributed by atoms with Crippen molar-refractivity contribution in [1.29, 1.82) is 0 Å². The van der Waals surface area contributed by atoms with Gasteiger partial charge in [0.1, 0.15) is 6.10 Å². The van der Waals surface area contributed by atoms with Gasteiger partial charge in [-0.3, -0.25) is 0 Å². The van der Waals surface area contributed by atoms with Crippen LogP contribution in [0.5, 0.6) is 0 Å². The Morgan fingerprint density at radius 1 is 1.33 bits per heavy atom. The maximum Gasteiger partial charge on any atom is 0.356 e. The Balaban J connectivity index is 2.05. The van der Waals surface area contributed by atoms with Crippen LogP contribution in [0.15, 0.2) is 5.16 Å². The number of carbonyl (C=O) groups excluding carboxylic acids is 1. The van der Waals surface area contributed by atoms with Crippen molar-refractivity contribution in [3.05, 3.63) is 0 Å². The molecule has 0 aromatic heterocycles. The second kappa shape index (κ2) is 4.64. The van der Waals surface area contributed by atoms with Crippen molar-refractivity contribution in [3.8, 4) is 0 Å². The average Bonchev–Trinajstić information content (AvgIpc) is 2.59. The van der Waals surface area contributed by atoms with E-state index in [0.717, 1.165) is 19.3 Å². The van der Waals surface area contributed by atoms with E-state index in [1.165, 1.54) is 26.4 Å². The van der Waals surface area contributed by atoms with Crippen molar-refractivity contribution in [3.63, 3.8) is 0 Å². The van der Waals surface area contributed by atoms with Crippen LogP contribution in [0.2, 0.25) is 0 Å². The first-order valence-electron chi connectivity index (χ1n) is 5.65. The summed E-state index contributed by atoms with van der Waals surface area (Å²) in [5.41, 5.74) is 0.490. The summed E-state index contributed by atoms with van der Waals surface area (Å²) in [6.07, 6.45) is 6.95. The fourth-order valence-electron chi connectivity index (χ4n) is 2.37. The van der Waals surface area contributed by atoms with Gasteiger partial charge in [-0.05, 0) is 19.3 Å². The summed E-state index contributed by atoms with van der Waals surface area (Å²) in [4.78, 5) is 16.7. The third-order valence-corrected chi connectivity index (χ3v) is 3.23. The van der Waals surface area contributed by atoms with E-state index in [4.69, 9.17) is 9.57 Å². The quantitative estimate of drug-likeness (QED) is 0.622. The maximum atomic E-state index is 11.4. The molecule has 1 saturated carbocycles. The standard InChI is InChI=1S/C11H17NO3/c1-14-11(13)10-8-6-4-2-3-5-7-9(8)15-12-10/h8-9H,2-7H2,1H3/t8-,9-/m0/s1. The second-order valence-electron chi connectivity index (χ2n) is 4.21. The Morgan fingerprint density at radius 3 is 2.80 bits per heavy atom. The summed E-state index contributed by atoms with van der Waals surface area (Å²) in [6, 6.07) is 0. The zero-order valence-electron chi connectivity index (χ0n) is 9.07. The van der Waals surface area contributed by atoms with Gasteiger partial charge < -0.3 is 9.57 Å². The highest BCUT2D eigenvalue weighted by Crippen LogP contribution is 2.30. The van der Waals surface area contributed by atoms with Crippen LogP contribution in [0, 0.1) is 5.92 Å². The van der Waals surface area contributed by atoms with Gasteiger partial charge in [0.05, 0.1) is 13.0 Å². The van der Waals surface area contributed by atoms with Crippen LogP contribution >= 0.6 is 0 Å². The highest BCUT2D eigenvalue weighted by Gasteiger charge is 2.38. The Morgan fingerprint density at radius 2 is 2.07 bits per heavy atom. The topological polar surface area (TPSA) is 47.9 Å². The molecule has 2 rings (SSSR count). The zero-order valence-corrected chi connectivity index (χ0v) is 9.07. The number of nitrogens with zero attached hydrogens (tertiary/aromatic N) is 1. The molecular weight excluding hydrogens is 194 g/mol. The van der Waals surface area contributed by atoms with Crippen molar-refractivity contribution < 1.29 is 14.4 Å². The Bertz CT molecular complexity index is 275. The lowest BCUT2D eigenvalue weighted by Crippen LogP contribution is -2.30. The predicted molar refractivity (Wildman–Crippen MR) is 55.5 cm³/mol. The molecule has 0 radical (unpaired) electrons. The van der Waals surface area contributed by atoms with E-state index in [0.29, 0.717) is 5.71 Å². The number of fused-ring (bicyclic) bond motifs is 1. The first-order chi connectivity index (χ1) is 7.33. The third-order valence-electron chi connectivity index (χ3n) is 3.23. The van der Waals surface area contributed by atoms with E-state index in [9.17, 15) is 4.79 Å². The largest absolute Gasteiger partial charge is 0.464 e. The molecule has 2 atom stereocenters. The molecule has 15 heavy (non-hydrogen) atoms. The lowest BCUT2D eigenvalue weighted by atomic mass is 9.86. The summed E-state index contributed by atoms with van der Waals surface area (Å²) in [7, 11) is 1.39. The molecule has 1 fully saturated rings. The van der Waals surface area contributed by atoms with E-state index < -0.39 is 0 Å². The van der Waals surface area contributed by atoms with Gasteiger partial charge in [-0.15, -0.1) is 0 Å². The minimum Gasteiger partial charge on any atom is -0.464 e. The summed E-state index contributed by atoms with van der Waals surface area (Å²) in [5.74, 6) is -0.166. The van der Waals surface area contributed by atoms with Crippen molar-refractivity contribution in [2.75, 3.05) is 7.11 Å². The predicted octanol–water partition coefficient (Wildman–Crippen LogP) is 1.88. The number of ether oxygens (including phenoxy) is 1. The number of rotatable bonds is 1. The number of methoxy groups -OCH3 is 1. The summed E-state index contributed by atoms with van der Waals surface area (Å²) in [6.45, 7) is 0. The van der Waals surface area contributed by atoms with E-state index in [-0.39, 0.29) is 18.0 Å². The molecule has 84 valence electrons. The lowest BCUT2D eigenvalue weighted by molar-refractivity contribution is -0.133. The van der Waals surface area contributed by atoms with Gasteiger partial charge in [0.15, 0.2) is 5.71 Å². The first-order valence-corrected chi connectivity index (χ1v) is 5.65. The molecule has 0 spiro atoms. The third kappa shape index (κ3) is 2.13. The molecule has 1 aliphatic heterocycles. The van der Waals surface area contributed by atoms with Crippen LogP contribution in [0.3, 0.4) is 0 Å². The molecule has 4 nitrogen and oxygen atoms in total. The zero-order chi connectivity index (χ0) is 10.7. The van der Waals surface area contributed by atoms with Crippen LogP contribution in [-0.2, 0) is 14.4 Å². The van der Waals surface area contributed by atoms with Gasteiger partial charge in [-0.25, -0.2) is 4.79 Å². The molecule has 1 aliphatic carbocycles. The minimum absolute atomic E-state index is 0.111. The Hall–Kier alpha value is -1.06. The van der Waals surface area contributed by atoms with Gasteiger partial charge in [-0.1, -0.05) is 24.4 Å². The van der Waals surface area contributed by atoms with Crippen LogP contribution in [0.25, 0.3) is 0 Å². The van der Waals surface area contributed by atoms with Crippen molar-refractivity contribution in [2.45, 2.75) is 44.6 Å². The van der Waals surface area contributed by atoms with Crippen molar-refractivity contribution in [1.82, 2.24) is 0 Å². The first kappa shape index (κ1) is 10.5. The van der Waals surface area contributed by atoms with E-state index >= 15 is 0 Å². The monoisotopic (exact) mass is 211 g/mol. The Labute approximate surface area is 89.6 Å². The molecular formula is C11H17NO3. The molecule has 1 heterocycles. The number of hydrogen-bond donors (Lipinski definition) is 0. The lowest BCUT2D eigenvalue weighted by Gasteiger charge is -2.20. The molecule has 4 heteroatoms. The van der Waals surface area contributed by atoms with E-state index in [1.807, 2.05) is 0 Å². The molecule has 0 unspecified atom stereocenters. The molecule has 0 aromatic rings. The Kier molecular flexibility index (Phi) is 3.23. The second-order valence-corrected chi connectivity index (χ2v) is 4.21. The van der Waals surface area contributed by atoms with Crippen LogP contribution < -0.4 is 0 Å². The van der Waals surface area contributed by atoms with Crippen LogP contribution in [0.1, 0.15) is 38.5 Å². The van der Waals surface area contributed by atoms with Gasteiger partial charge in [-0.2, -0.15) is 0 Å². The van der Waals surface area contributed by atoms with Crippen molar-refractivity contribution >= 4 is 11.7 Å². The SMILES string of the molecule is COC(=O)C1=NO[C@H]2CCCCCC[C@H]12. The molecule has 0 aromatic carbocycles. The minimum atomic E-state index is -0.330. The summed E-state index contributed by atoms with van der Waals surface area (Å²) < 4.78 is 4.71. The van der Waals surface area contributed by atoms with Crippen LogP contribution in [-0.4, -0.2) is 24.9 Å². The molecule has 0 N–H and O–H groups in total. The van der Waals surface area contributed by atoms with Gasteiger partial charge in [0.2, 0.25) is 0 Å².